The number of rotatable bonds is 7. The third kappa shape index (κ3) is 4.75. The van der Waals surface area contributed by atoms with Crippen molar-refractivity contribution in [2.45, 2.75) is 65.1 Å². The van der Waals surface area contributed by atoms with E-state index in [1.54, 1.807) is 14.2 Å². The van der Waals surface area contributed by atoms with Crippen LogP contribution >= 0.6 is 0 Å². The van der Waals surface area contributed by atoms with Crippen molar-refractivity contribution >= 4 is 5.97 Å². The molecule has 0 saturated carbocycles. The molecule has 0 aromatic heterocycles. The number of nitrogens with zero attached hydrogens (tertiary/aromatic N) is 1. The molecule has 4 atom stereocenters. The smallest absolute Gasteiger partial charge is 0.323 e. The van der Waals surface area contributed by atoms with Gasteiger partial charge >= 0.3 is 5.97 Å². The predicted molar refractivity (Wildman–Crippen MR) is 118 cm³/mol. The third-order valence-corrected chi connectivity index (χ3v) is 6.60. The highest BCUT2D eigenvalue weighted by molar-refractivity contribution is 5.76. The van der Waals surface area contributed by atoms with Gasteiger partial charge in [0.1, 0.15) is 12.1 Å². The monoisotopic (exact) mass is 418 g/mol. The van der Waals surface area contributed by atoms with Gasteiger partial charge in [-0.3, -0.25) is 9.69 Å². The second kappa shape index (κ2) is 9.56. The molecule has 0 spiro atoms. The summed E-state index contributed by atoms with van der Waals surface area (Å²) >= 11 is 0. The first-order valence-electron chi connectivity index (χ1n) is 11.2. The molecule has 168 valence electrons. The average molecular weight is 419 g/mol. The third-order valence-electron chi connectivity index (χ3n) is 6.60. The summed E-state index contributed by atoms with van der Waals surface area (Å²) < 4.78 is 17.1. The Morgan fingerprint density at radius 2 is 1.83 bits per heavy atom. The van der Waals surface area contributed by atoms with Crippen LogP contribution in [0.2, 0.25) is 0 Å². The molecule has 2 heterocycles. The van der Waals surface area contributed by atoms with Crippen LogP contribution in [0, 0.1) is 17.8 Å². The van der Waals surface area contributed by atoms with Crippen LogP contribution in [-0.4, -0.2) is 50.3 Å². The molecule has 3 rings (SSSR count). The highest BCUT2D eigenvalue weighted by Gasteiger charge is 2.41. The van der Waals surface area contributed by atoms with Crippen molar-refractivity contribution in [1.29, 1.82) is 0 Å². The Labute approximate surface area is 181 Å². The van der Waals surface area contributed by atoms with Crippen molar-refractivity contribution in [2.75, 3.05) is 27.3 Å². The van der Waals surface area contributed by atoms with Crippen LogP contribution in [-0.2, 0) is 16.0 Å². The summed E-state index contributed by atoms with van der Waals surface area (Å²) in [6, 6.07) is 3.84. The molecule has 30 heavy (non-hydrogen) atoms. The summed E-state index contributed by atoms with van der Waals surface area (Å²) in [4.78, 5) is 15.2. The molecule has 2 aliphatic rings. The number of ether oxygens (including phenoxy) is 3. The van der Waals surface area contributed by atoms with E-state index >= 15 is 0 Å². The van der Waals surface area contributed by atoms with E-state index in [-0.39, 0.29) is 24.0 Å². The van der Waals surface area contributed by atoms with Gasteiger partial charge in [-0.2, -0.15) is 0 Å². The molecule has 2 aliphatic heterocycles. The van der Waals surface area contributed by atoms with Gasteiger partial charge in [-0.1, -0.05) is 27.7 Å². The van der Waals surface area contributed by atoms with Gasteiger partial charge in [0.15, 0.2) is 11.5 Å². The van der Waals surface area contributed by atoms with Crippen molar-refractivity contribution in [3.8, 4) is 11.5 Å². The summed E-state index contributed by atoms with van der Waals surface area (Å²) in [5.74, 6) is 2.18. The second-order valence-electron chi connectivity index (χ2n) is 9.54. The minimum atomic E-state index is -0.578. The molecule has 6 heteroatoms. The maximum absolute atomic E-state index is 12.7. The maximum atomic E-state index is 12.7. The number of piperidine rings is 1. The predicted octanol–water partition coefficient (Wildman–Crippen LogP) is 3.56. The molecule has 1 aromatic rings. The number of hydrogen-bond donors (Lipinski definition) is 1. The Morgan fingerprint density at radius 3 is 2.43 bits per heavy atom. The van der Waals surface area contributed by atoms with E-state index in [2.05, 4.69) is 30.9 Å². The van der Waals surface area contributed by atoms with E-state index in [1.807, 2.05) is 13.8 Å². The first-order chi connectivity index (χ1) is 14.2. The van der Waals surface area contributed by atoms with E-state index in [1.165, 1.54) is 11.1 Å². The molecule has 1 saturated heterocycles. The molecule has 0 amide bonds. The molecular formula is C24H38N2O4. The van der Waals surface area contributed by atoms with Gasteiger partial charge in [0.2, 0.25) is 0 Å². The van der Waals surface area contributed by atoms with Crippen LogP contribution in [0.3, 0.4) is 0 Å². The quantitative estimate of drug-likeness (QED) is 0.683. The van der Waals surface area contributed by atoms with Gasteiger partial charge in [0.25, 0.3) is 0 Å². The van der Waals surface area contributed by atoms with Gasteiger partial charge in [0.05, 0.1) is 14.2 Å². The molecule has 0 radical (unpaired) electrons. The SMILES string of the molecule is COc1cc2c(cc1OC)[C@@H]1C[C@H](OC(=O)[C@@H](N)C(C)C)[C@H](CC(C)C)CN1CC2. The number of esters is 1. The van der Waals surface area contributed by atoms with E-state index < -0.39 is 6.04 Å². The number of nitrogens with two attached hydrogens (primary N) is 1. The number of fused-ring (bicyclic) bond motifs is 3. The Balaban J connectivity index is 1.88. The number of hydrogen-bond acceptors (Lipinski definition) is 6. The van der Waals surface area contributed by atoms with Crippen LogP contribution in [0.25, 0.3) is 0 Å². The highest BCUT2D eigenvalue weighted by Crippen LogP contribution is 2.44. The first kappa shape index (κ1) is 22.9. The lowest BCUT2D eigenvalue weighted by atomic mass is 9.79. The molecule has 1 fully saturated rings. The fourth-order valence-corrected chi connectivity index (χ4v) is 4.88. The zero-order valence-corrected chi connectivity index (χ0v) is 19.3. The summed E-state index contributed by atoms with van der Waals surface area (Å²) in [6.07, 6.45) is 2.70. The zero-order chi connectivity index (χ0) is 22.0. The Bertz CT molecular complexity index is 749. The normalized spacial score (nSPS) is 24.9. The summed E-state index contributed by atoms with van der Waals surface area (Å²) in [5.41, 5.74) is 8.64. The molecule has 0 unspecified atom stereocenters. The van der Waals surface area contributed by atoms with Crippen molar-refractivity contribution in [1.82, 2.24) is 4.90 Å². The van der Waals surface area contributed by atoms with Gasteiger partial charge in [0, 0.05) is 31.5 Å². The highest BCUT2D eigenvalue weighted by atomic mass is 16.5. The minimum absolute atomic E-state index is 0.0632. The van der Waals surface area contributed by atoms with Crippen LogP contribution in [0.1, 0.15) is 57.7 Å². The van der Waals surface area contributed by atoms with Gasteiger partial charge < -0.3 is 19.9 Å². The van der Waals surface area contributed by atoms with Crippen LogP contribution in [0.5, 0.6) is 11.5 Å². The lowest BCUT2D eigenvalue weighted by Crippen LogP contribution is -2.51. The van der Waals surface area contributed by atoms with E-state index in [4.69, 9.17) is 19.9 Å². The van der Waals surface area contributed by atoms with Gasteiger partial charge in [-0.25, -0.2) is 0 Å². The topological polar surface area (TPSA) is 74.0 Å². The standard InChI is InChI=1S/C24H38N2O4/c1-14(2)9-17-13-26-8-7-16-10-21(28-5)22(29-6)11-18(16)19(26)12-20(17)30-24(27)23(25)15(3)4/h10-11,14-15,17,19-20,23H,7-9,12-13,25H2,1-6H3/t17-,19+,20+,23+/m1/s1. The number of benzene rings is 1. The Hall–Kier alpha value is -1.79. The number of carbonyl (C=O) groups is 1. The summed E-state index contributed by atoms with van der Waals surface area (Å²) in [7, 11) is 3.34. The van der Waals surface area contributed by atoms with Gasteiger partial charge in [-0.15, -0.1) is 0 Å². The lowest BCUT2D eigenvalue weighted by molar-refractivity contribution is -0.160. The molecule has 2 N–H and O–H groups in total. The number of carbonyl (C=O) groups excluding carboxylic acids is 1. The minimum Gasteiger partial charge on any atom is -0.493 e. The summed E-state index contributed by atoms with van der Waals surface area (Å²) in [5, 5.41) is 0. The molecule has 6 nitrogen and oxygen atoms in total. The van der Waals surface area contributed by atoms with Crippen LogP contribution in [0.15, 0.2) is 12.1 Å². The molecule has 0 bridgehead atoms. The average Bonchev–Trinajstić information content (AvgIpc) is 2.71. The molecule has 0 aliphatic carbocycles. The largest absolute Gasteiger partial charge is 0.493 e. The van der Waals surface area contributed by atoms with Crippen molar-refractivity contribution < 1.29 is 19.0 Å². The van der Waals surface area contributed by atoms with E-state index in [9.17, 15) is 4.79 Å². The fraction of sp³-hybridized carbons (Fsp3) is 0.708. The summed E-state index contributed by atoms with van der Waals surface area (Å²) in [6.45, 7) is 10.3. The maximum Gasteiger partial charge on any atom is 0.323 e. The van der Waals surface area contributed by atoms with Crippen LogP contribution < -0.4 is 15.2 Å². The van der Waals surface area contributed by atoms with E-state index in [0.717, 1.165) is 43.9 Å². The Morgan fingerprint density at radius 1 is 1.17 bits per heavy atom. The van der Waals surface area contributed by atoms with Gasteiger partial charge in [-0.05, 0) is 47.9 Å². The fourth-order valence-electron chi connectivity index (χ4n) is 4.88. The first-order valence-corrected chi connectivity index (χ1v) is 11.2. The number of methoxy groups -OCH3 is 2. The Kier molecular flexibility index (Phi) is 7.30. The van der Waals surface area contributed by atoms with Crippen molar-refractivity contribution in [2.24, 2.45) is 23.5 Å². The van der Waals surface area contributed by atoms with Crippen molar-refractivity contribution in [3.05, 3.63) is 23.3 Å². The molecular weight excluding hydrogens is 380 g/mol. The van der Waals surface area contributed by atoms with Crippen molar-refractivity contribution in [3.63, 3.8) is 0 Å². The zero-order valence-electron chi connectivity index (χ0n) is 19.3. The van der Waals surface area contributed by atoms with Crippen LogP contribution in [0.4, 0.5) is 0 Å². The van der Waals surface area contributed by atoms with E-state index in [0.29, 0.717) is 11.8 Å². The lowest BCUT2D eigenvalue weighted by Gasteiger charge is -2.47. The molecule has 1 aromatic carbocycles. The second-order valence-corrected chi connectivity index (χ2v) is 9.54.